The highest BCUT2D eigenvalue weighted by atomic mass is 16.5. The summed E-state index contributed by atoms with van der Waals surface area (Å²) in [5.74, 6) is 0.721. The maximum absolute atomic E-state index is 10.4. The highest BCUT2D eigenvalue weighted by Crippen LogP contribution is 2.22. The molecule has 3 N–H and O–H groups in total. The number of hydrogen-bond acceptors (Lipinski definition) is 3. The molecule has 0 saturated carbocycles. The molecule has 0 aliphatic heterocycles. The van der Waals surface area contributed by atoms with Crippen LogP contribution in [0.1, 0.15) is 18.1 Å². The van der Waals surface area contributed by atoms with E-state index in [9.17, 15) is 5.11 Å². The Kier molecular flexibility index (Phi) is 4.20. The summed E-state index contributed by atoms with van der Waals surface area (Å²) in [5.41, 5.74) is 6.42. The van der Waals surface area contributed by atoms with Crippen LogP contribution in [0.5, 0.6) is 5.75 Å². The highest BCUT2D eigenvalue weighted by Gasteiger charge is 2.23. The van der Waals surface area contributed by atoms with Crippen molar-refractivity contribution < 1.29 is 9.84 Å². The van der Waals surface area contributed by atoms with Crippen molar-refractivity contribution in [3.8, 4) is 5.75 Å². The third kappa shape index (κ3) is 3.56. The minimum atomic E-state index is -1.01. The Bertz CT molecular complexity index is 523. The van der Waals surface area contributed by atoms with Gasteiger partial charge in [0.1, 0.15) is 18.0 Å². The van der Waals surface area contributed by atoms with E-state index in [-0.39, 0.29) is 6.61 Å². The van der Waals surface area contributed by atoms with Crippen LogP contribution < -0.4 is 10.5 Å². The van der Waals surface area contributed by atoms with Crippen LogP contribution in [0.3, 0.4) is 0 Å². The molecule has 1 unspecified atom stereocenters. The maximum atomic E-state index is 10.4. The molecule has 3 heteroatoms. The average Bonchev–Trinajstić information content (AvgIpc) is 2.46. The third-order valence-corrected chi connectivity index (χ3v) is 3.05. The Hall–Kier alpha value is -1.84. The smallest absolute Gasteiger partial charge is 0.121 e. The summed E-state index contributed by atoms with van der Waals surface area (Å²) < 4.78 is 5.66. The Labute approximate surface area is 113 Å². The Morgan fingerprint density at radius 3 is 2.53 bits per heavy atom. The molecular formula is C16H19NO2. The largest absolute Gasteiger partial charge is 0.490 e. The number of nitrogens with two attached hydrogens (primary N) is 1. The van der Waals surface area contributed by atoms with Gasteiger partial charge in [0.2, 0.25) is 0 Å². The molecule has 0 aliphatic carbocycles. The molecule has 0 radical (unpaired) electrons. The molecule has 100 valence electrons. The van der Waals surface area contributed by atoms with Crippen molar-refractivity contribution in [3.63, 3.8) is 0 Å². The minimum Gasteiger partial charge on any atom is -0.490 e. The molecule has 1 atom stereocenters. The van der Waals surface area contributed by atoms with E-state index in [2.05, 4.69) is 0 Å². The summed E-state index contributed by atoms with van der Waals surface area (Å²) in [6.07, 6.45) is 0. The molecule has 0 aromatic heterocycles. The van der Waals surface area contributed by atoms with Gasteiger partial charge in [-0.2, -0.15) is 0 Å². The van der Waals surface area contributed by atoms with Gasteiger partial charge in [-0.05, 0) is 30.2 Å². The molecule has 2 aromatic rings. The summed E-state index contributed by atoms with van der Waals surface area (Å²) in [4.78, 5) is 0. The van der Waals surface area contributed by atoms with Crippen molar-refractivity contribution in [2.24, 2.45) is 5.73 Å². The number of aliphatic hydroxyl groups is 1. The van der Waals surface area contributed by atoms with E-state index in [4.69, 9.17) is 10.5 Å². The number of rotatable bonds is 5. The monoisotopic (exact) mass is 257 g/mol. The molecule has 19 heavy (non-hydrogen) atoms. The first-order valence-corrected chi connectivity index (χ1v) is 6.31. The van der Waals surface area contributed by atoms with Gasteiger partial charge in [-0.3, -0.25) is 0 Å². The van der Waals surface area contributed by atoms with Crippen LogP contribution in [-0.2, 0) is 12.1 Å². The van der Waals surface area contributed by atoms with Gasteiger partial charge in [0, 0.05) is 6.54 Å². The van der Waals surface area contributed by atoms with E-state index in [0.29, 0.717) is 6.54 Å². The molecule has 3 nitrogen and oxygen atoms in total. The van der Waals surface area contributed by atoms with Crippen molar-refractivity contribution in [2.45, 2.75) is 19.1 Å². The summed E-state index contributed by atoms with van der Waals surface area (Å²) in [7, 11) is 0. The predicted octanol–water partition coefficient (Wildman–Crippen LogP) is 2.43. The first kappa shape index (κ1) is 13.6. The van der Waals surface area contributed by atoms with Gasteiger partial charge in [0.05, 0.1) is 0 Å². The number of hydrogen-bond donors (Lipinski definition) is 2. The van der Waals surface area contributed by atoms with E-state index in [1.165, 1.54) is 0 Å². The predicted molar refractivity (Wildman–Crippen MR) is 75.8 cm³/mol. The molecule has 0 saturated heterocycles. The molecule has 0 fully saturated rings. The normalized spacial score (nSPS) is 13.8. The Morgan fingerprint density at radius 1 is 1.11 bits per heavy atom. The van der Waals surface area contributed by atoms with Crippen molar-refractivity contribution in [3.05, 3.63) is 65.7 Å². The van der Waals surface area contributed by atoms with E-state index in [1.807, 2.05) is 54.6 Å². The standard InChI is InChI=1S/C16H19NO2/c1-16(18,14-7-3-2-4-8-14)12-19-15-9-5-6-13(10-15)11-17/h2-10,18H,11-12,17H2,1H3. The van der Waals surface area contributed by atoms with Gasteiger partial charge in [0.25, 0.3) is 0 Å². The van der Waals surface area contributed by atoms with Crippen LogP contribution in [0.2, 0.25) is 0 Å². The second-order valence-corrected chi connectivity index (χ2v) is 4.78. The average molecular weight is 257 g/mol. The molecule has 0 aliphatic rings. The molecule has 0 bridgehead atoms. The van der Waals surface area contributed by atoms with Crippen molar-refractivity contribution in [2.75, 3.05) is 6.61 Å². The molecule has 2 aromatic carbocycles. The van der Waals surface area contributed by atoms with Crippen molar-refractivity contribution >= 4 is 0 Å². The second-order valence-electron chi connectivity index (χ2n) is 4.78. The van der Waals surface area contributed by atoms with Crippen LogP contribution in [0.25, 0.3) is 0 Å². The van der Waals surface area contributed by atoms with Crippen LogP contribution in [0.4, 0.5) is 0 Å². The molecule has 0 heterocycles. The molecule has 0 spiro atoms. The lowest BCUT2D eigenvalue weighted by molar-refractivity contribution is 0.00757. The van der Waals surface area contributed by atoms with Crippen LogP contribution in [-0.4, -0.2) is 11.7 Å². The van der Waals surface area contributed by atoms with E-state index in [0.717, 1.165) is 16.9 Å². The first-order valence-electron chi connectivity index (χ1n) is 6.31. The van der Waals surface area contributed by atoms with Crippen LogP contribution in [0, 0.1) is 0 Å². The second kappa shape index (κ2) is 5.87. The molecule has 2 rings (SSSR count). The zero-order valence-electron chi connectivity index (χ0n) is 11.0. The quantitative estimate of drug-likeness (QED) is 0.865. The van der Waals surface area contributed by atoms with Gasteiger partial charge in [-0.1, -0.05) is 42.5 Å². The number of ether oxygens (including phenoxy) is 1. The summed E-state index contributed by atoms with van der Waals surface area (Å²) in [6.45, 7) is 2.42. The minimum absolute atomic E-state index is 0.199. The highest BCUT2D eigenvalue weighted by molar-refractivity contribution is 5.29. The fourth-order valence-electron chi connectivity index (χ4n) is 1.87. The summed E-state index contributed by atoms with van der Waals surface area (Å²) in [6, 6.07) is 17.1. The summed E-state index contributed by atoms with van der Waals surface area (Å²) in [5, 5.41) is 10.4. The maximum Gasteiger partial charge on any atom is 0.121 e. The van der Waals surface area contributed by atoms with Gasteiger partial charge in [-0.15, -0.1) is 0 Å². The van der Waals surface area contributed by atoms with E-state index >= 15 is 0 Å². The summed E-state index contributed by atoms with van der Waals surface area (Å²) >= 11 is 0. The Balaban J connectivity index is 2.05. The molecule has 0 amide bonds. The zero-order chi connectivity index (χ0) is 13.7. The van der Waals surface area contributed by atoms with Gasteiger partial charge in [0.15, 0.2) is 0 Å². The van der Waals surface area contributed by atoms with Crippen molar-refractivity contribution in [1.29, 1.82) is 0 Å². The zero-order valence-corrected chi connectivity index (χ0v) is 11.0. The lowest BCUT2D eigenvalue weighted by Crippen LogP contribution is -2.29. The van der Waals surface area contributed by atoms with Gasteiger partial charge < -0.3 is 15.6 Å². The fraction of sp³-hybridized carbons (Fsp3) is 0.250. The molecular weight excluding hydrogens is 238 g/mol. The number of benzene rings is 2. The van der Waals surface area contributed by atoms with Crippen LogP contribution in [0.15, 0.2) is 54.6 Å². The van der Waals surface area contributed by atoms with Crippen molar-refractivity contribution in [1.82, 2.24) is 0 Å². The van der Waals surface area contributed by atoms with E-state index in [1.54, 1.807) is 6.92 Å². The Morgan fingerprint density at radius 2 is 1.84 bits per heavy atom. The van der Waals surface area contributed by atoms with E-state index < -0.39 is 5.60 Å². The topological polar surface area (TPSA) is 55.5 Å². The first-order chi connectivity index (χ1) is 9.12. The fourth-order valence-corrected chi connectivity index (χ4v) is 1.87. The lowest BCUT2D eigenvalue weighted by Gasteiger charge is -2.24. The van der Waals surface area contributed by atoms with Gasteiger partial charge in [-0.25, -0.2) is 0 Å². The van der Waals surface area contributed by atoms with Gasteiger partial charge >= 0.3 is 0 Å². The lowest BCUT2D eigenvalue weighted by atomic mass is 9.97. The third-order valence-electron chi connectivity index (χ3n) is 3.05. The van der Waals surface area contributed by atoms with Crippen LogP contribution >= 0.6 is 0 Å². The SMILES string of the molecule is CC(O)(COc1cccc(CN)c1)c1ccccc1.